The number of carbonyl (C=O) groups is 4. The van der Waals surface area contributed by atoms with Crippen molar-refractivity contribution in [3.63, 3.8) is 0 Å². The molecule has 3 amide bonds. The van der Waals surface area contributed by atoms with E-state index in [0.717, 1.165) is 43.2 Å². The SMILES string of the molecule is CCCCCCCCN(C(=O)C(CCSC)NC(=O)OC(C)(C)C)C(C(=O)NCCC(=O)OCC)c1ccc(C)cc1C. The van der Waals surface area contributed by atoms with Crippen LogP contribution in [0.3, 0.4) is 0 Å². The number of hydrogen-bond acceptors (Lipinski definition) is 7. The Morgan fingerprint density at radius 2 is 1.67 bits per heavy atom. The average molecular weight is 622 g/mol. The summed E-state index contributed by atoms with van der Waals surface area (Å²) in [7, 11) is 0. The van der Waals surface area contributed by atoms with E-state index >= 15 is 0 Å². The molecule has 1 aromatic carbocycles. The number of nitrogens with zero attached hydrogens (tertiary/aromatic N) is 1. The Labute approximate surface area is 263 Å². The Balaban J connectivity index is 3.47. The minimum atomic E-state index is -0.942. The van der Waals surface area contributed by atoms with Crippen LogP contribution < -0.4 is 10.6 Å². The Kier molecular flexibility index (Phi) is 18.0. The van der Waals surface area contributed by atoms with Crippen LogP contribution in [-0.4, -0.2) is 72.1 Å². The number of amides is 3. The zero-order chi connectivity index (χ0) is 32.4. The summed E-state index contributed by atoms with van der Waals surface area (Å²) in [6, 6.07) is 4.00. The number of unbranched alkanes of at least 4 members (excludes halogenated alkanes) is 5. The molecule has 9 nitrogen and oxygen atoms in total. The molecule has 10 heteroatoms. The first kappa shape index (κ1) is 38.3. The quantitative estimate of drug-likeness (QED) is 0.139. The third-order valence-corrected chi connectivity index (χ3v) is 7.49. The van der Waals surface area contributed by atoms with E-state index in [0.29, 0.717) is 30.7 Å². The van der Waals surface area contributed by atoms with E-state index < -0.39 is 29.7 Å². The predicted molar refractivity (Wildman–Crippen MR) is 174 cm³/mol. The molecule has 2 atom stereocenters. The van der Waals surface area contributed by atoms with Gasteiger partial charge in [0.15, 0.2) is 0 Å². The van der Waals surface area contributed by atoms with E-state index in [9.17, 15) is 19.2 Å². The minimum Gasteiger partial charge on any atom is -0.466 e. The van der Waals surface area contributed by atoms with Crippen LogP contribution in [0.15, 0.2) is 18.2 Å². The lowest BCUT2D eigenvalue weighted by Gasteiger charge is -2.35. The fourth-order valence-electron chi connectivity index (χ4n) is 4.77. The van der Waals surface area contributed by atoms with Gasteiger partial charge in [0.2, 0.25) is 11.8 Å². The standard InChI is InChI=1S/C33H55N3O6S/c1-9-11-12-13-14-15-21-36(31(39)27(19-22-43-8)35-32(40)42-33(5,6)7)29(26-17-16-24(3)23-25(26)4)30(38)34-20-18-28(37)41-10-2/h16-17,23,27,29H,9-15,18-22H2,1-8H3,(H,34,38)(H,35,40). The summed E-state index contributed by atoms with van der Waals surface area (Å²) in [5, 5.41) is 5.66. The molecule has 0 aliphatic carbocycles. The fraction of sp³-hybridized carbons (Fsp3) is 0.697. The summed E-state index contributed by atoms with van der Waals surface area (Å²) < 4.78 is 10.5. The van der Waals surface area contributed by atoms with Gasteiger partial charge in [0.1, 0.15) is 17.7 Å². The number of rotatable bonds is 19. The number of esters is 1. The molecule has 1 aromatic rings. The topological polar surface area (TPSA) is 114 Å². The molecule has 244 valence electrons. The predicted octanol–water partition coefficient (Wildman–Crippen LogP) is 6.25. The fourth-order valence-corrected chi connectivity index (χ4v) is 5.24. The van der Waals surface area contributed by atoms with Crippen molar-refractivity contribution in [3.05, 3.63) is 34.9 Å². The van der Waals surface area contributed by atoms with Crippen LogP contribution in [0.5, 0.6) is 0 Å². The van der Waals surface area contributed by atoms with Crippen LogP contribution in [0, 0.1) is 13.8 Å². The molecule has 2 N–H and O–H groups in total. The zero-order valence-electron chi connectivity index (χ0n) is 27.7. The molecule has 0 aromatic heterocycles. The van der Waals surface area contributed by atoms with Crippen molar-refractivity contribution in [1.82, 2.24) is 15.5 Å². The summed E-state index contributed by atoms with van der Waals surface area (Å²) in [5.41, 5.74) is 1.91. The van der Waals surface area contributed by atoms with Crippen LogP contribution >= 0.6 is 11.8 Å². The molecular weight excluding hydrogens is 566 g/mol. The lowest BCUT2D eigenvalue weighted by molar-refractivity contribution is -0.144. The van der Waals surface area contributed by atoms with Gasteiger partial charge >= 0.3 is 12.1 Å². The van der Waals surface area contributed by atoms with Crippen molar-refractivity contribution in [2.24, 2.45) is 0 Å². The molecule has 1 rings (SSSR count). The van der Waals surface area contributed by atoms with Gasteiger partial charge in [0.25, 0.3) is 0 Å². The number of thioether (sulfide) groups is 1. The van der Waals surface area contributed by atoms with Gasteiger partial charge in [0, 0.05) is 13.1 Å². The van der Waals surface area contributed by atoms with Crippen LogP contribution in [0.1, 0.15) is 109 Å². The second-order valence-electron chi connectivity index (χ2n) is 11.9. The van der Waals surface area contributed by atoms with Crippen LogP contribution in [0.25, 0.3) is 0 Å². The van der Waals surface area contributed by atoms with Crippen molar-refractivity contribution in [3.8, 4) is 0 Å². The highest BCUT2D eigenvalue weighted by Crippen LogP contribution is 2.28. The van der Waals surface area contributed by atoms with Crippen molar-refractivity contribution in [2.75, 3.05) is 31.7 Å². The Hall–Kier alpha value is -2.75. The summed E-state index contributed by atoms with van der Waals surface area (Å²) in [4.78, 5) is 54.7. The molecule has 0 fully saturated rings. The van der Waals surface area contributed by atoms with E-state index in [1.807, 2.05) is 38.3 Å². The van der Waals surface area contributed by atoms with Gasteiger partial charge in [-0.05, 0) is 77.5 Å². The second kappa shape index (κ2) is 20.3. The number of alkyl carbamates (subject to hydrolysis) is 1. The number of carbonyl (C=O) groups excluding carboxylic acids is 4. The number of nitrogens with one attached hydrogen (secondary N) is 2. The Morgan fingerprint density at radius 3 is 2.28 bits per heavy atom. The largest absolute Gasteiger partial charge is 0.466 e. The number of aryl methyl sites for hydroxylation is 2. The third-order valence-electron chi connectivity index (χ3n) is 6.85. The van der Waals surface area contributed by atoms with Gasteiger partial charge in [0.05, 0.1) is 13.0 Å². The number of ether oxygens (including phenoxy) is 2. The Morgan fingerprint density at radius 1 is 1.00 bits per heavy atom. The maximum absolute atomic E-state index is 14.4. The first-order chi connectivity index (χ1) is 20.3. The molecule has 0 saturated heterocycles. The maximum Gasteiger partial charge on any atom is 0.408 e. The van der Waals surface area contributed by atoms with Crippen LogP contribution in [0.4, 0.5) is 4.79 Å². The van der Waals surface area contributed by atoms with Crippen LogP contribution in [-0.2, 0) is 23.9 Å². The Bertz CT molecular complexity index is 1030. The molecule has 0 saturated carbocycles. The van der Waals surface area contributed by atoms with E-state index in [2.05, 4.69) is 17.6 Å². The molecule has 0 aliphatic rings. The van der Waals surface area contributed by atoms with Gasteiger partial charge in [-0.2, -0.15) is 11.8 Å². The van der Waals surface area contributed by atoms with Gasteiger partial charge < -0.3 is 25.0 Å². The summed E-state index contributed by atoms with van der Waals surface area (Å²) in [6.45, 7) is 13.8. The highest BCUT2D eigenvalue weighted by molar-refractivity contribution is 7.98. The number of hydrogen-bond donors (Lipinski definition) is 2. The first-order valence-corrected chi connectivity index (χ1v) is 17.0. The van der Waals surface area contributed by atoms with E-state index in [1.54, 1.807) is 44.4 Å². The molecular formula is C33H55N3O6S. The molecule has 0 radical (unpaired) electrons. The first-order valence-electron chi connectivity index (χ1n) is 15.6. The highest BCUT2D eigenvalue weighted by atomic mass is 32.2. The molecule has 0 bridgehead atoms. The summed E-state index contributed by atoms with van der Waals surface area (Å²) in [5.74, 6) is -0.475. The average Bonchev–Trinajstić information content (AvgIpc) is 2.91. The van der Waals surface area contributed by atoms with Gasteiger partial charge in [-0.1, -0.05) is 62.8 Å². The van der Waals surface area contributed by atoms with Crippen LogP contribution in [0.2, 0.25) is 0 Å². The second-order valence-corrected chi connectivity index (χ2v) is 12.9. The smallest absolute Gasteiger partial charge is 0.408 e. The third kappa shape index (κ3) is 15.0. The minimum absolute atomic E-state index is 0.0289. The van der Waals surface area contributed by atoms with Crippen molar-refractivity contribution in [1.29, 1.82) is 0 Å². The van der Waals surface area contributed by atoms with Crippen molar-refractivity contribution >= 4 is 35.6 Å². The molecule has 43 heavy (non-hydrogen) atoms. The van der Waals surface area contributed by atoms with Crippen molar-refractivity contribution in [2.45, 2.75) is 118 Å². The van der Waals surface area contributed by atoms with E-state index in [4.69, 9.17) is 9.47 Å². The molecule has 0 spiro atoms. The van der Waals surface area contributed by atoms with Crippen molar-refractivity contribution < 1.29 is 28.7 Å². The normalized spacial score (nSPS) is 12.7. The molecule has 0 aliphatic heterocycles. The van der Waals surface area contributed by atoms with E-state index in [1.165, 1.54) is 0 Å². The molecule has 2 unspecified atom stereocenters. The number of benzene rings is 1. The maximum atomic E-state index is 14.4. The summed E-state index contributed by atoms with van der Waals surface area (Å²) >= 11 is 1.58. The lowest BCUT2D eigenvalue weighted by Crippen LogP contribution is -2.53. The van der Waals surface area contributed by atoms with Gasteiger partial charge in [-0.25, -0.2) is 4.79 Å². The van der Waals surface area contributed by atoms with Gasteiger partial charge in [-0.3, -0.25) is 14.4 Å². The monoisotopic (exact) mass is 621 g/mol. The highest BCUT2D eigenvalue weighted by Gasteiger charge is 2.36. The van der Waals surface area contributed by atoms with E-state index in [-0.39, 0.29) is 31.4 Å². The lowest BCUT2D eigenvalue weighted by atomic mass is 9.96. The zero-order valence-corrected chi connectivity index (χ0v) is 28.5. The summed E-state index contributed by atoms with van der Waals surface area (Å²) in [6.07, 6.45) is 7.78. The van der Waals surface area contributed by atoms with Gasteiger partial charge in [-0.15, -0.1) is 0 Å². The molecule has 0 heterocycles.